The minimum atomic E-state index is -1.07. The van der Waals surface area contributed by atoms with Crippen molar-refractivity contribution in [3.8, 4) is 17.2 Å². The monoisotopic (exact) mass is 382 g/mol. The zero-order chi connectivity index (χ0) is 19.8. The van der Waals surface area contributed by atoms with Crippen LogP contribution < -0.4 is 15.1 Å². The lowest BCUT2D eigenvalue weighted by Gasteiger charge is -2.18. The van der Waals surface area contributed by atoms with Crippen LogP contribution in [0.1, 0.15) is 24.0 Å². The molecule has 0 aliphatic carbocycles. The van der Waals surface area contributed by atoms with Gasteiger partial charge in [-0.2, -0.15) is 0 Å². The number of carbonyl (C=O) groups excluding carboxylic acids is 1. The molecule has 2 heterocycles. The Bertz CT molecular complexity index is 1120. The summed E-state index contributed by atoms with van der Waals surface area (Å²) in [5, 5.41) is 10.8. The summed E-state index contributed by atoms with van der Waals surface area (Å²) in [7, 11) is 1.44. The van der Waals surface area contributed by atoms with Gasteiger partial charge in [-0.15, -0.1) is 0 Å². The fourth-order valence-corrected chi connectivity index (χ4v) is 3.53. The lowest BCUT2D eigenvalue weighted by Crippen LogP contribution is -2.32. The van der Waals surface area contributed by atoms with Gasteiger partial charge in [-0.3, -0.25) is 0 Å². The van der Waals surface area contributed by atoms with Crippen LogP contribution in [-0.2, 0) is 9.53 Å². The highest BCUT2D eigenvalue weighted by Gasteiger charge is 2.45. The number of para-hydroxylation sites is 1. The van der Waals surface area contributed by atoms with E-state index in [-0.39, 0.29) is 23.7 Å². The highest BCUT2D eigenvalue weighted by Crippen LogP contribution is 2.45. The summed E-state index contributed by atoms with van der Waals surface area (Å²) in [6.07, 6.45) is -1.07. The summed E-state index contributed by atoms with van der Waals surface area (Å²) in [6.45, 7) is 1.86. The number of aromatic hydroxyl groups is 1. The Hall–Kier alpha value is -3.48. The Morgan fingerprint density at radius 3 is 2.71 bits per heavy atom. The highest BCUT2D eigenvalue weighted by atomic mass is 16.6. The SMILES string of the molecule is CCOC(=O)[C@H]1Oc2c(c(=O)oc3ccccc23)[C@@H]1c1ccc(OC)c(O)c1. The average Bonchev–Trinajstić information content (AvgIpc) is 3.10. The molecule has 0 unspecified atom stereocenters. The predicted molar refractivity (Wildman–Crippen MR) is 100 cm³/mol. The van der Waals surface area contributed by atoms with E-state index in [0.29, 0.717) is 22.3 Å². The van der Waals surface area contributed by atoms with Crippen LogP contribution in [0.5, 0.6) is 17.2 Å². The standard InChI is InChI=1S/C21H18O7/c1-3-26-21(24)19-16(11-8-9-15(25-2)13(22)10-11)17-18(28-19)12-6-4-5-7-14(12)27-20(17)23/h4-10,16,19,22H,3H2,1-2H3/t16-,19-/m0/s1. The molecule has 4 rings (SSSR count). The summed E-state index contributed by atoms with van der Waals surface area (Å²) < 4.78 is 21.6. The zero-order valence-electron chi connectivity index (χ0n) is 15.3. The van der Waals surface area contributed by atoms with Gasteiger partial charge in [-0.25, -0.2) is 9.59 Å². The Morgan fingerprint density at radius 1 is 1.21 bits per heavy atom. The lowest BCUT2D eigenvalue weighted by atomic mass is 9.88. The molecule has 144 valence electrons. The minimum absolute atomic E-state index is 0.110. The zero-order valence-corrected chi connectivity index (χ0v) is 15.3. The van der Waals surface area contributed by atoms with Crippen molar-refractivity contribution < 1.29 is 28.5 Å². The second-order valence-electron chi connectivity index (χ2n) is 6.33. The molecule has 2 atom stereocenters. The van der Waals surface area contributed by atoms with Crippen molar-refractivity contribution in [2.75, 3.05) is 13.7 Å². The predicted octanol–water partition coefficient (Wildman–Crippen LogP) is 2.96. The van der Waals surface area contributed by atoms with Gasteiger partial charge >= 0.3 is 11.6 Å². The van der Waals surface area contributed by atoms with Gasteiger partial charge in [0, 0.05) is 0 Å². The van der Waals surface area contributed by atoms with E-state index in [2.05, 4.69) is 0 Å². The molecule has 28 heavy (non-hydrogen) atoms. The maximum absolute atomic E-state index is 12.8. The fourth-order valence-electron chi connectivity index (χ4n) is 3.53. The van der Waals surface area contributed by atoms with E-state index in [1.165, 1.54) is 13.2 Å². The number of methoxy groups -OCH3 is 1. The molecule has 0 fully saturated rings. The first kappa shape index (κ1) is 17.9. The summed E-state index contributed by atoms with van der Waals surface area (Å²) in [5.41, 5.74) is 0.506. The van der Waals surface area contributed by atoms with Gasteiger partial charge in [0.25, 0.3) is 0 Å². The molecule has 2 aromatic carbocycles. The topological polar surface area (TPSA) is 95.2 Å². The Balaban J connectivity index is 1.94. The Kier molecular flexibility index (Phi) is 4.43. The third kappa shape index (κ3) is 2.76. The Morgan fingerprint density at radius 2 is 2.00 bits per heavy atom. The molecule has 0 saturated carbocycles. The maximum Gasteiger partial charge on any atom is 0.348 e. The number of carbonyl (C=O) groups is 1. The number of hydrogen-bond acceptors (Lipinski definition) is 7. The van der Waals surface area contributed by atoms with E-state index >= 15 is 0 Å². The first-order chi connectivity index (χ1) is 13.5. The number of phenolic OH excluding ortho intramolecular Hbond substituents is 1. The average molecular weight is 382 g/mol. The smallest absolute Gasteiger partial charge is 0.348 e. The molecule has 1 aliphatic rings. The number of rotatable bonds is 4. The molecule has 0 saturated heterocycles. The summed E-state index contributed by atoms with van der Waals surface area (Å²) in [6, 6.07) is 11.6. The first-order valence-electron chi connectivity index (χ1n) is 8.81. The van der Waals surface area contributed by atoms with Crippen LogP contribution in [0, 0.1) is 0 Å². The lowest BCUT2D eigenvalue weighted by molar-refractivity contribution is -0.151. The van der Waals surface area contributed by atoms with Gasteiger partial charge < -0.3 is 23.7 Å². The highest BCUT2D eigenvalue weighted by molar-refractivity contribution is 5.88. The van der Waals surface area contributed by atoms with Gasteiger partial charge in [0.05, 0.1) is 30.6 Å². The van der Waals surface area contributed by atoms with Crippen molar-refractivity contribution in [1.29, 1.82) is 0 Å². The number of phenols is 1. The number of ether oxygens (including phenoxy) is 3. The summed E-state index contributed by atoms with van der Waals surface area (Å²) in [4.78, 5) is 25.3. The fraction of sp³-hybridized carbons (Fsp3) is 0.238. The van der Waals surface area contributed by atoms with Crippen LogP contribution in [0.2, 0.25) is 0 Å². The van der Waals surface area contributed by atoms with Crippen molar-refractivity contribution >= 4 is 16.9 Å². The minimum Gasteiger partial charge on any atom is -0.504 e. The molecule has 0 spiro atoms. The van der Waals surface area contributed by atoms with Crippen LogP contribution in [0.3, 0.4) is 0 Å². The maximum atomic E-state index is 12.8. The van der Waals surface area contributed by atoms with E-state index in [1.807, 2.05) is 0 Å². The summed E-state index contributed by atoms with van der Waals surface area (Å²) in [5.74, 6) is -0.915. The third-order valence-electron chi connectivity index (χ3n) is 4.74. The number of fused-ring (bicyclic) bond motifs is 3. The van der Waals surface area contributed by atoms with E-state index in [4.69, 9.17) is 18.6 Å². The van der Waals surface area contributed by atoms with Crippen LogP contribution >= 0.6 is 0 Å². The number of hydrogen-bond donors (Lipinski definition) is 1. The van der Waals surface area contributed by atoms with Gasteiger partial charge in [0.1, 0.15) is 11.3 Å². The number of benzene rings is 2. The van der Waals surface area contributed by atoms with E-state index in [0.717, 1.165) is 0 Å². The van der Waals surface area contributed by atoms with Crippen molar-refractivity contribution in [1.82, 2.24) is 0 Å². The molecule has 0 bridgehead atoms. The molecule has 7 heteroatoms. The van der Waals surface area contributed by atoms with Gasteiger partial charge in [0.2, 0.25) is 6.10 Å². The molecule has 0 amide bonds. The number of esters is 1. The van der Waals surface area contributed by atoms with Gasteiger partial charge in [-0.1, -0.05) is 18.2 Å². The quantitative estimate of drug-likeness (QED) is 0.547. The molecule has 0 radical (unpaired) electrons. The van der Waals surface area contributed by atoms with Crippen molar-refractivity contribution in [3.05, 3.63) is 64.0 Å². The van der Waals surface area contributed by atoms with Gasteiger partial charge in [0.15, 0.2) is 11.5 Å². The molecule has 3 aromatic rings. The van der Waals surface area contributed by atoms with E-state index in [9.17, 15) is 14.7 Å². The van der Waals surface area contributed by atoms with E-state index in [1.54, 1.807) is 43.3 Å². The van der Waals surface area contributed by atoms with Crippen molar-refractivity contribution in [3.63, 3.8) is 0 Å². The first-order valence-corrected chi connectivity index (χ1v) is 8.81. The molecular formula is C21H18O7. The normalized spacial score (nSPS) is 17.8. The second-order valence-corrected chi connectivity index (χ2v) is 6.33. The second kappa shape index (κ2) is 6.92. The largest absolute Gasteiger partial charge is 0.504 e. The van der Waals surface area contributed by atoms with Crippen molar-refractivity contribution in [2.24, 2.45) is 0 Å². The molecule has 1 N–H and O–H groups in total. The Labute approximate surface area is 160 Å². The molecule has 1 aromatic heterocycles. The van der Waals surface area contributed by atoms with Gasteiger partial charge in [-0.05, 0) is 36.8 Å². The van der Waals surface area contributed by atoms with Crippen LogP contribution in [0.4, 0.5) is 0 Å². The van der Waals surface area contributed by atoms with Crippen molar-refractivity contribution in [2.45, 2.75) is 18.9 Å². The molecular weight excluding hydrogens is 364 g/mol. The molecule has 7 nitrogen and oxygen atoms in total. The van der Waals surface area contributed by atoms with Crippen LogP contribution in [0.15, 0.2) is 51.7 Å². The summed E-state index contributed by atoms with van der Waals surface area (Å²) >= 11 is 0. The molecule has 1 aliphatic heterocycles. The third-order valence-corrected chi connectivity index (χ3v) is 4.74. The van der Waals surface area contributed by atoms with Crippen LogP contribution in [-0.4, -0.2) is 30.9 Å². The van der Waals surface area contributed by atoms with E-state index < -0.39 is 23.6 Å². The van der Waals surface area contributed by atoms with Crippen LogP contribution in [0.25, 0.3) is 11.0 Å².